The molecule has 0 amide bonds. The van der Waals surface area contributed by atoms with Crippen molar-refractivity contribution in [1.29, 1.82) is 0 Å². The highest BCUT2D eigenvalue weighted by atomic mass is 32.1. The molecule has 0 saturated carbocycles. The Hall–Kier alpha value is -0.450. The first-order valence-corrected chi connectivity index (χ1v) is 6.20. The standard InChI is InChI=1S/C11H17FN2S/c1-9-2-3-11(15-9)10(8-12)14-6-4-13-5-7-14/h2-3,10,13H,4-8H2,1H3/t10-/m1/s1. The van der Waals surface area contributed by atoms with Crippen LogP contribution in [0.3, 0.4) is 0 Å². The van der Waals surface area contributed by atoms with Gasteiger partial charge in [0.2, 0.25) is 0 Å². The van der Waals surface area contributed by atoms with Crippen LogP contribution in [0.5, 0.6) is 0 Å². The highest BCUT2D eigenvalue weighted by molar-refractivity contribution is 7.12. The van der Waals surface area contributed by atoms with E-state index in [1.54, 1.807) is 11.3 Å². The summed E-state index contributed by atoms with van der Waals surface area (Å²) in [4.78, 5) is 4.66. The highest BCUT2D eigenvalue weighted by Crippen LogP contribution is 2.28. The van der Waals surface area contributed by atoms with Crippen molar-refractivity contribution in [2.45, 2.75) is 13.0 Å². The Morgan fingerprint density at radius 3 is 2.73 bits per heavy atom. The van der Waals surface area contributed by atoms with Crippen molar-refractivity contribution >= 4 is 11.3 Å². The number of nitrogens with zero attached hydrogens (tertiary/aromatic N) is 1. The van der Waals surface area contributed by atoms with Gasteiger partial charge in [0, 0.05) is 35.9 Å². The molecule has 0 unspecified atom stereocenters. The Morgan fingerprint density at radius 2 is 2.20 bits per heavy atom. The molecular weight excluding hydrogens is 211 g/mol. The monoisotopic (exact) mass is 228 g/mol. The minimum absolute atomic E-state index is 0.0224. The molecule has 1 aromatic heterocycles. The lowest BCUT2D eigenvalue weighted by atomic mass is 10.2. The van der Waals surface area contributed by atoms with E-state index in [0.29, 0.717) is 0 Å². The third-order valence-electron chi connectivity index (χ3n) is 2.83. The smallest absolute Gasteiger partial charge is 0.110 e. The molecule has 1 saturated heterocycles. The Kier molecular flexibility index (Phi) is 3.72. The number of aryl methyl sites for hydroxylation is 1. The first-order chi connectivity index (χ1) is 7.31. The van der Waals surface area contributed by atoms with Gasteiger partial charge in [-0.15, -0.1) is 11.3 Å². The van der Waals surface area contributed by atoms with Crippen LogP contribution in [0.4, 0.5) is 4.39 Å². The topological polar surface area (TPSA) is 15.3 Å². The van der Waals surface area contributed by atoms with Gasteiger partial charge < -0.3 is 5.32 Å². The number of nitrogens with one attached hydrogen (secondary N) is 1. The molecule has 0 spiro atoms. The van der Waals surface area contributed by atoms with Crippen LogP contribution in [-0.4, -0.2) is 37.8 Å². The maximum absolute atomic E-state index is 13.1. The van der Waals surface area contributed by atoms with E-state index in [0.717, 1.165) is 31.1 Å². The number of rotatable bonds is 3. The minimum atomic E-state index is -0.278. The molecule has 0 aliphatic carbocycles. The quantitative estimate of drug-likeness (QED) is 0.851. The van der Waals surface area contributed by atoms with Gasteiger partial charge in [-0.05, 0) is 19.1 Å². The molecule has 15 heavy (non-hydrogen) atoms. The van der Waals surface area contributed by atoms with E-state index in [4.69, 9.17) is 0 Å². The van der Waals surface area contributed by atoms with Crippen LogP contribution in [0.1, 0.15) is 15.8 Å². The number of hydrogen-bond acceptors (Lipinski definition) is 3. The number of thiophene rings is 1. The van der Waals surface area contributed by atoms with E-state index >= 15 is 0 Å². The maximum atomic E-state index is 13.1. The number of hydrogen-bond donors (Lipinski definition) is 1. The van der Waals surface area contributed by atoms with Crippen molar-refractivity contribution in [3.05, 3.63) is 21.9 Å². The molecule has 0 radical (unpaired) electrons. The first kappa shape index (κ1) is 11.0. The molecule has 1 fully saturated rings. The molecular formula is C11H17FN2S. The fraction of sp³-hybridized carbons (Fsp3) is 0.636. The summed E-state index contributed by atoms with van der Waals surface area (Å²) in [5.74, 6) is 0. The molecule has 1 N–H and O–H groups in total. The predicted octanol–water partition coefficient (Wildman–Crippen LogP) is 1.97. The molecule has 0 aromatic carbocycles. The lowest BCUT2D eigenvalue weighted by Gasteiger charge is -2.32. The fourth-order valence-electron chi connectivity index (χ4n) is 1.98. The SMILES string of the molecule is Cc1ccc([C@@H](CF)N2CCNCC2)s1. The van der Waals surface area contributed by atoms with E-state index in [9.17, 15) is 4.39 Å². The van der Waals surface area contributed by atoms with Gasteiger partial charge in [-0.2, -0.15) is 0 Å². The number of piperazine rings is 1. The van der Waals surface area contributed by atoms with Crippen LogP contribution < -0.4 is 5.32 Å². The summed E-state index contributed by atoms with van der Waals surface area (Å²) in [5.41, 5.74) is 0. The lowest BCUT2D eigenvalue weighted by Crippen LogP contribution is -2.45. The second-order valence-corrected chi connectivity index (χ2v) is 5.22. The third-order valence-corrected chi connectivity index (χ3v) is 3.93. The van der Waals surface area contributed by atoms with Gasteiger partial charge in [0.1, 0.15) is 6.67 Å². The van der Waals surface area contributed by atoms with Crippen molar-refractivity contribution in [3.8, 4) is 0 Å². The van der Waals surface area contributed by atoms with E-state index in [-0.39, 0.29) is 12.7 Å². The van der Waals surface area contributed by atoms with Gasteiger partial charge in [0.25, 0.3) is 0 Å². The summed E-state index contributed by atoms with van der Waals surface area (Å²) in [6.07, 6.45) is 0. The second kappa shape index (κ2) is 5.05. The summed E-state index contributed by atoms with van der Waals surface area (Å²) in [5, 5.41) is 3.29. The fourth-order valence-corrected chi connectivity index (χ4v) is 2.97. The number of alkyl halides is 1. The van der Waals surface area contributed by atoms with Crippen LogP contribution in [0.25, 0.3) is 0 Å². The average Bonchev–Trinajstić information content (AvgIpc) is 2.68. The maximum Gasteiger partial charge on any atom is 0.110 e. The molecule has 2 heterocycles. The van der Waals surface area contributed by atoms with Gasteiger partial charge in [-0.1, -0.05) is 0 Å². The minimum Gasteiger partial charge on any atom is -0.314 e. The van der Waals surface area contributed by atoms with E-state index in [2.05, 4.69) is 29.3 Å². The van der Waals surface area contributed by atoms with Crippen LogP contribution in [0.2, 0.25) is 0 Å². The molecule has 4 heteroatoms. The van der Waals surface area contributed by atoms with Gasteiger partial charge >= 0.3 is 0 Å². The summed E-state index contributed by atoms with van der Waals surface area (Å²) < 4.78 is 13.1. The zero-order valence-corrected chi connectivity index (χ0v) is 9.82. The Balaban J connectivity index is 2.08. The average molecular weight is 228 g/mol. The van der Waals surface area contributed by atoms with E-state index in [1.165, 1.54) is 4.88 Å². The van der Waals surface area contributed by atoms with Gasteiger partial charge in [-0.25, -0.2) is 4.39 Å². The van der Waals surface area contributed by atoms with Crippen molar-refractivity contribution in [2.24, 2.45) is 0 Å². The van der Waals surface area contributed by atoms with Gasteiger partial charge in [0.05, 0.1) is 6.04 Å². The summed E-state index contributed by atoms with van der Waals surface area (Å²) >= 11 is 1.71. The summed E-state index contributed by atoms with van der Waals surface area (Å²) in [6, 6.07) is 4.11. The summed E-state index contributed by atoms with van der Waals surface area (Å²) in [7, 11) is 0. The van der Waals surface area contributed by atoms with Crippen molar-refractivity contribution in [1.82, 2.24) is 10.2 Å². The van der Waals surface area contributed by atoms with Crippen LogP contribution in [0, 0.1) is 6.92 Å². The van der Waals surface area contributed by atoms with E-state index < -0.39 is 0 Å². The predicted molar refractivity (Wildman–Crippen MR) is 62.2 cm³/mol. The highest BCUT2D eigenvalue weighted by Gasteiger charge is 2.22. The Labute approximate surface area is 94.1 Å². The summed E-state index contributed by atoms with van der Waals surface area (Å²) in [6.45, 7) is 5.64. The molecule has 1 atom stereocenters. The molecule has 2 nitrogen and oxygen atoms in total. The number of halogens is 1. The molecule has 0 bridgehead atoms. The molecule has 2 rings (SSSR count). The van der Waals surface area contributed by atoms with Gasteiger partial charge in [0.15, 0.2) is 0 Å². The second-order valence-electron chi connectivity index (χ2n) is 3.90. The van der Waals surface area contributed by atoms with Crippen molar-refractivity contribution in [2.75, 3.05) is 32.9 Å². The molecule has 84 valence electrons. The van der Waals surface area contributed by atoms with Crippen LogP contribution in [0.15, 0.2) is 12.1 Å². The van der Waals surface area contributed by atoms with E-state index in [1.807, 2.05) is 0 Å². The van der Waals surface area contributed by atoms with Crippen LogP contribution in [-0.2, 0) is 0 Å². The molecule has 1 aliphatic heterocycles. The van der Waals surface area contributed by atoms with Gasteiger partial charge in [-0.3, -0.25) is 4.90 Å². The Morgan fingerprint density at radius 1 is 1.47 bits per heavy atom. The zero-order chi connectivity index (χ0) is 10.7. The first-order valence-electron chi connectivity index (χ1n) is 5.38. The largest absolute Gasteiger partial charge is 0.314 e. The van der Waals surface area contributed by atoms with Crippen LogP contribution >= 0.6 is 11.3 Å². The molecule has 1 aromatic rings. The van der Waals surface area contributed by atoms with Crippen molar-refractivity contribution in [3.63, 3.8) is 0 Å². The Bertz CT molecular complexity index is 307. The normalized spacial score (nSPS) is 20.4. The zero-order valence-electron chi connectivity index (χ0n) is 9.00. The molecule has 1 aliphatic rings. The van der Waals surface area contributed by atoms with Crippen molar-refractivity contribution < 1.29 is 4.39 Å². The third kappa shape index (κ3) is 2.56. The lowest BCUT2D eigenvalue weighted by molar-refractivity contribution is 0.150.